The monoisotopic (exact) mass is 373 g/mol. The summed E-state index contributed by atoms with van der Waals surface area (Å²) in [6.45, 7) is 1.86. The summed E-state index contributed by atoms with van der Waals surface area (Å²) in [5, 5.41) is 3.99. The van der Waals surface area contributed by atoms with E-state index in [-0.39, 0.29) is 17.5 Å². The molecule has 0 aliphatic carbocycles. The van der Waals surface area contributed by atoms with E-state index in [1.165, 1.54) is 4.57 Å². The first-order valence-corrected chi connectivity index (χ1v) is 8.45. The van der Waals surface area contributed by atoms with Crippen molar-refractivity contribution < 1.29 is 4.79 Å². The summed E-state index contributed by atoms with van der Waals surface area (Å²) < 4.78 is 1.66. The highest BCUT2D eigenvalue weighted by Gasteiger charge is 2.14. The molecule has 1 heterocycles. The number of benzene rings is 2. The smallest absolute Gasteiger partial charge is 0.261 e. The van der Waals surface area contributed by atoms with E-state index in [9.17, 15) is 9.59 Å². The summed E-state index contributed by atoms with van der Waals surface area (Å²) in [4.78, 5) is 27.7. The van der Waals surface area contributed by atoms with Crippen LogP contribution in [-0.4, -0.2) is 15.5 Å². The quantitative estimate of drug-likeness (QED) is 0.687. The molecule has 3 aromatic rings. The van der Waals surface area contributed by atoms with Gasteiger partial charge in [0.15, 0.2) is 4.77 Å². The first-order chi connectivity index (χ1) is 11.9. The van der Waals surface area contributed by atoms with E-state index in [1.54, 1.807) is 31.3 Å². The van der Waals surface area contributed by atoms with Crippen LogP contribution in [0, 0.1) is 4.77 Å². The molecular formula is C18H16ClN3O2S. The van der Waals surface area contributed by atoms with Crippen LogP contribution in [0.1, 0.15) is 28.9 Å². The van der Waals surface area contributed by atoms with Gasteiger partial charge in [-0.2, -0.15) is 0 Å². The molecular weight excluding hydrogens is 358 g/mol. The molecule has 2 N–H and O–H groups in total. The second kappa shape index (κ2) is 6.82. The number of halogens is 1. The summed E-state index contributed by atoms with van der Waals surface area (Å²) in [6.07, 6.45) is 0. The SMILES string of the molecule is C[C@@H](NC(=O)c1ccc2c(=O)n(C)c(=S)[nH]c2c1)c1ccccc1Cl. The fraction of sp³-hybridized carbons (Fsp3) is 0.167. The number of hydrogen-bond acceptors (Lipinski definition) is 3. The Kier molecular flexibility index (Phi) is 4.74. The van der Waals surface area contributed by atoms with Crippen molar-refractivity contribution in [2.75, 3.05) is 0 Å². The number of rotatable bonds is 3. The van der Waals surface area contributed by atoms with Gasteiger partial charge in [0.25, 0.3) is 11.5 Å². The fourth-order valence-electron chi connectivity index (χ4n) is 2.63. The van der Waals surface area contributed by atoms with E-state index in [4.69, 9.17) is 23.8 Å². The largest absolute Gasteiger partial charge is 0.345 e. The summed E-state index contributed by atoms with van der Waals surface area (Å²) in [7, 11) is 1.60. The van der Waals surface area contributed by atoms with Crippen molar-refractivity contribution in [3.8, 4) is 0 Å². The highest BCUT2D eigenvalue weighted by molar-refractivity contribution is 7.71. The highest BCUT2D eigenvalue weighted by Crippen LogP contribution is 2.22. The Hall–Kier alpha value is -2.44. The normalized spacial score (nSPS) is 12.1. The third kappa shape index (κ3) is 3.36. The molecule has 0 unspecified atom stereocenters. The van der Waals surface area contributed by atoms with E-state index < -0.39 is 0 Å². The number of carbonyl (C=O) groups excluding carboxylic acids is 1. The Morgan fingerprint density at radius 3 is 2.72 bits per heavy atom. The van der Waals surface area contributed by atoms with Crippen molar-refractivity contribution in [1.82, 2.24) is 14.9 Å². The van der Waals surface area contributed by atoms with Crippen LogP contribution in [0.15, 0.2) is 47.3 Å². The van der Waals surface area contributed by atoms with Crippen LogP contribution in [0.2, 0.25) is 5.02 Å². The van der Waals surface area contributed by atoms with Crippen molar-refractivity contribution in [2.24, 2.45) is 7.05 Å². The molecule has 0 aliphatic heterocycles. The van der Waals surface area contributed by atoms with E-state index in [1.807, 2.05) is 25.1 Å². The predicted octanol–water partition coefficient (Wildman–Crippen LogP) is 3.74. The molecule has 0 saturated carbocycles. The Balaban J connectivity index is 1.93. The van der Waals surface area contributed by atoms with Gasteiger partial charge in [-0.25, -0.2) is 0 Å². The van der Waals surface area contributed by atoms with Crippen molar-refractivity contribution >= 4 is 40.6 Å². The Morgan fingerprint density at radius 1 is 1.28 bits per heavy atom. The third-order valence-electron chi connectivity index (χ3n) is 4.08. The number of hydrogen-bond donors (Lipinski definition) is 2. The standard InChI is InChI=1S/C18H16ClN3O2S/c1-10(12-5-3-4-6-14(12)19)20-16(23)11-7-8-13-15(9-11)21-18(25)22(2)17(13)24/h3-10H,1-2H3,(H,20,23)(H,21,25)/t10-/m1/s1. The summed E-state index contributed by atoms with van der Waals surface area (Å²) in [6, 6.07) is 12.0. The minimum Gasteiger partial charge on any atom is -0.345 e. The molecule has 7 heteroatoms. The molecule has 0 saturated heterocycles. The minimum absolute atomic E-state index is 0.199. The van der Waals surface area contributed by atoms with Crippen molar-refractivity contribution in [3.05, 3.63) is 73.7 Å². The van der Waals surface area contributed by atoms with Crippen LogP contribution in [0.4, 0.5) is 0 Å². The maximum Gasteiger partial charge on any atom is 0.261 e. The number of H-pyrrole nitrogens is 1. The Bertz CT molecular complexity index is 1090. The summed E-state index contributed by atoms with van der Waals surface area (Å²) in [5.41, 5.74) is 1.61. The molecule has 5 nitrogen and oxygen atoms in total. The van der Waals surface area contributed by atoms with E-state index in [2.05, 4.69) is 10.3 Å². The van der Waals surface area contributed by atoms with Gasteiger partial charge in [-0.15, -0.1) is 0 Å². The second-order valence-corrected chi connectivity index (χ2v) is 6.57. The second-order valence-electron chi connectivity index (χ2n) is 5.77. The lowest BCUT2D eigenvalue weighted by molar-refractivity contribution is 0.0940. The van der Waals surface area contributed by atoms with Crippen LogP contribution in [0.5, 0.6) is 0 Å². The first kappa shape index (κ1) is 17.4. The Labute approximate surface area is 154 Å². The third-order valence-corrected chi connectivity index (χ3v) is 4.80. The molecule has 0 radical (unpaired) electrons. The number of aromatic nitrogens is 2. The van der Waals surface area contributed by atoms with Gasteiger partial charge in [0, 0.05) is 17.6 Å². The highest BCUT2D eigenvalue weighted by atomic mass is 35.5. The van der Waals surface area contributed by atoms with Gasteiger partial charge >= 0.3 is 0 Å². The minimum atomic E-state index is -0.255. The maximum atomic E-state index is 12.5. The number of amides is 1. The van der Waals surface area contributed by atoms with Crippen LogP contribution in [-0.2, 0) is 7.05 Å². The molecule has 2 aromatic carbocycles. The van der Waals surface area contributed by atoms with Crippen LogP contribution < -0.4 is 10.9 Å². The van der Waals surface area contributed by atoms with Crippen molar-refractivity contribution in [1.29, 1.82) is 0 Å². The lowest BCUT2D eigenvalue weighted by atomic mass is 10.1. The molecule has 3 rings (SSSR count). The van der Waals surface area contributed by atoms with Gasteiger partial charge in [0.05, 0.1) is 16.9 Å². The van der Waals surface area contributed by atoms with Crippen molar-refractivity contribution in [3.63, 3.8) is 0 Å². The van der Waals surface area contributed by atoms with Gasteiger partial charge in [-0.05, 0) is 49.0 Å². The molecule has 128 valence electrons. The van der Waals surface area contributed by atoms with Crippen molar-refractivity contribution in [2.45, 2.75) is 13.0 Å². The Morgan fingerprint density at radius 2 is 2.00 bits per heavy atom. The zero-order chi connectivity index (χ0) is 18.1. The van der Waals surface area contributed by atoms with Gasteiger partial charge in [0.1, 0.15) is 0 Å². The molecule has 1 aromatic heterocycles. The molecule has 0 aliphatic rings. The van der Waals surface area contributed by atoms with Crippen LogP contribution in [0.25, 0.3) is 10.9 Å². The van der Waals surface area contributed by atoms with E-state index >= 15 is 0 Å². The molecule has 0 bridgehead atoms. The molecule has 0 fully saturated rings. The average Bonchev–Trinajstić information content (AvgIpc) is 2.59. The summed E-state index contributed by atoms with van der Waals surface area (Å²) in [5.74, 6) is -0.255. The fourth-order valence-corrected chi connectivity index (χ4v) is 3.12. The molecule has 25 heavy (non-hydrogen) atoms. The van der Waals surface area contributed by atoms with Crippen LogP contribution in [0.3, 0.4) is 0 Å². The summed E-state index contributed by atoms with van der Waals surface area (Å²) >= 11 is 11.3. The van der Waals surface area contributed by atoms with Gasteiger partial charge in [0.2, 0.25) is 0 Å². The van der Waals surface area contributed by atoms with Gasteiger partial charge in [-0.3, -0.25) is 14.2 Å². The van der Waals surface area contributed by atoms with Crippen LogP contribution >= 0.6 is 23.8 Å². The van der Waals surface area contributed by atoms with E-state index in [0.717, 1.165) is 5.56 Å². The zero-order valence-electron chi connectivity index (χ0n) is 13.7. The molecule has 0 spiro atoms. The lowest BCUT2D eigenvalue weighted by Gasteiger charge is -2.16. The average molecular weight is 374 g/mol. The van der Waals surface area contributed by atoms with Gasteiger partial charge in [-0.1, -0.05) is 29.8 Å². The number of aromatic amines is 1. The van der Waals surface area contributed by atoms with Gasteiger partial charge < -0.3 is 10.3 Å². The first-order valence-electron chi connectivity index (χ1n) is 7.67. The lowest BCUT2D eigenvalue weighted by Crippen LogP contribution is -2.27. The topological polar surface area (TPSA) is 66.9 Å². The predicted molar refractivity (Wildman–Crippen MR) is 102 cm³/mol. The maximum absolute atomic E-state index is 12.5. The van der Waals surface area contributed by atoms with E-state index in [0.29, 0.717) is 26.3 Å². The zero-order valence-corrected chi connectivity index (χ0v) is 15.2. The number of fused-ring (bicyclic) bond motifs is 1. The number of nitrogens with zero attached hydrogens (tertiary/aromatic N) is 1. The molecule has 1 amide bonds. The number of nitrogens with one attached hydrogen (secondary N) is 2. The number of carbonyl (C=O) groups is 1. The molecule has 1 atom stereocenters.